The second kappa shape index (κ2) is 8.17. The van der Waals surface area contributed by atoms with Crippen molar-refractivity contribution in [2.75, 3.05) is 6.54 Å². The summed E-state index contributed by atoms with van der Waals surface area (Å²) in [6.07, 6.45) is 5.54. The quantitative estimate of drug-likeness (QED) is 0.648. The third-order valence-corrected chi connectivity index (χ3v) is 5.10. The van der Waals surface area contributed by atoms with E-state index in [0.717, 1.165) is 34.6 Å². The van der Waals surface area contributed by atoms with Crippen molar-refractivity contribution in [3.63, 3.8) is 0 Å². The third kappa shape index (κ3) is 4.71. The summed E-state index contributed by atoms with van der Waals surface area (Å²) in [5.41, 5.74) is 5.25. The minimum Gasteiger partial charge on any atom is -0.392 e. The molecule has 1 saturated carbocycles. The first-order chi connectivity index (χ1) is 14.0. The van der Waals surface area contributed by atoms with Gasteiger partial charge in [0.25, 0.3) is 5.91 Å². The molecule has 3 aromatic rings. The maximum absolute atomic E-state index is 12.7. The number of aliphatic hydroxyl groups excluding tert-OH is 1. The van der Waals surface area contributed by atoms with E-state index in [4.69, 9.17) is 0 Å². The van der Waals surface area contributed by atoms with Gasteiger partial charge in [-0.15, -0.1) is 0 Å². The highest BCUT2D eigenvalue weighted by atomic mass is 16.3. The molecule has 29 heavy (non-hydrogen) atoms. The first-order valence-electron chi connectivity index (χ1n) is 10.1. The Balaban J connectivity index is 1.74. The van der Waals surface area contributed by atoms with E-state index in [1.54, 1.807) is 6.92 Å². The maximum atomic E-state index is 12.7. The van der Waals surface area contributed by atoms with Gasteiger partial charge in [-0.25, -0.2) is 0 Å². The molecule has 1 atom stereocenters. The largest absolute Gasteiger partial charge is 0.392 e. The number of rotatable bonds is 7. The topological polar surface area (TPSA) is 80.0 Å². The lowest BCUT2D eigenvalue weighted by molar-refractivity contribution is 0.0924. The van der Waals surface area contributed by atoms with E-state index in [1.807, 2.05) is 54.3 Å². The van der Waals surface area contributed by atoms with Gasteiger partial charge >= 0.3 is 0 Å². The molecule has 6 heteroatoms. The molecule has 6 nitrogen and oxygen atoms in total. The van der Waals surface area contributed by atoms with Crippen LogP contribution in [0.15, 0.2) is 48.8 Å². The number of aryl methyl sites for hydroxylation is 1. The van der Waals surface area contributed by atoms with Crippen LogP contribution >= 0.6 is 0 Å². The Morgan fingerprint density at radius 1 is 1.24 bits per heavy atom. The number of carbonyl (C=O) groups is 1. The van der Waals surface area contributed by atoms with Crippen LogP contribution in [0.4, 0.5) is 0 Å². The van der Waals surface area contributed by atoms with Gasteiger partial charge in [-0.2, -0.15) is 5.10 Å². The van der Waals surface area contributed by atoms with Gasteiger partial charge in [-0.1, -0.05) is 6.07 Å². The van der Waals surface area contributed by atoms with Crippen molar-refractivity contribution in [1.29, 1.82) is 0 Å². The van der Waals surface area contributed by atoms with Gasteiger partial charge < -0.3 is 10.4 Å². The minimum atomic E-state index is -0.597. The van der Waals surface area contributed by atoms with Crippen molar-refractivity contribution in [1.82, 2.24) is 20.1 Å². The summed E-state index contributed by atoms with van der Waals surface area (Å²) in [6.45, 7) is 4.76. The number of pyridine rings is 1. The number of nitrogens with zero attached hydrogens (tertiary/aromatic N) is 3. The van der Waals surface area contributed by atoms with Crippen molar-refractivity contribution >= 4 is 5.91 Å². The lowest BCUT2D eigenvalue weighted by atomic mass is 10.00. The molecular weight excluding hydrogens is 364 g/mol. The van der Waals surface area contributed by atoms with Crippen molar-refractivity contribution in [3.8, 4) is 22.5 Å². The van der Waals surface area contributed by atoms with E-state index < -0.39 is 6.10 Å². The molecule has 2 N–H and O–H groups in total. The monoisotopic (exact) mass is 390 g/mol. The molecular formula is C23H26N4O2. The van der Waals surface area contributed by atoms with Crippen molar-refractivity contribution in [2.45, 2.75) is 39.3 Å². The van der Waals surface area contributed by atoms with Crippen LogP contribution in [0.3, 0.4) is 0 Å². The summed E-state index contributed by atoms with van der Waals surface area (Å²) >= 11 is 0. The van der Waals surface area contributed by atoms with E-state index in [1.165, 1.54) is 12.8 Å². The average molecular weight is 390 g/mol. The predicted octanol–water partition coefficient (Wildman–Crippen LogP) is 3.44. The zero-order chi connectivity index (χ0) is 20.4. The number of aromatic nitrogens is 3. The fourth-order valence-electron chi connectivity index (χ4n) is 3.30. The average Bonchev–Trinajstić information content (AvgIpc) is 3.41. The Hall–Kier alpha value is -2.99. The van der Waals surface area contributed by atoms with Gasteiger partial charge in [0.1, 0.15) is 0 Å². The Morgan fingerprint density at radius 3 is 2.72 bits per heavy atom. The zero-order valence-electron chi connectivity index (χ0n) is 16.8. The molecule has 0 saturated heterocycles. The van der Waals surface area contributed by atoms with Crippen molar-refractivity contribution < 1.29 is 9.90 Å². The normalized spacial score (nSPS) is 14.6. The molecule has 1 aromatic carbocycles. The van der Waals surface area contributed by atoms with Crippen LogP contribution in [0.5, 0.6) is 0 Å². The van der Waals surface area contributed by atoms with Gasteiger partial charge in [0.2, 0.25) is 0 Å². The number of benzene rings is 1. The molecule has 2 aromatic heterocycles. The maximum Gasteiger partial charge on any atom is 0.251 e. The lowest BCUT2D eigenvalue weighted by Crippen LogP contribution is -2.30. The van der Waals surface area contributed by atoms with E-state index >= 15 is 0 Å². The number of amides is 1. The van der Waals surface area contributed by atoms with E-state index in [0.29, 0.717) is 11.5 Å². The molecule has 0 bridgehead atoms. The van der Waals surface area contributed by atoms with E-state index in [9.17, 15) is 9.90 Å². The van der Waals surface area contributed by atoms with Crippen LogP contribution in [0.2, 0.25) is 0 Å². The molecule has 2 heterocycles. The van der Waals surface area contributed by atoms with Crippen LogP contribution in [0.25, 0.3) is 22.5 Å². The molecule has 4 rings (SSSR count). The lowest BCUT2D eigenvalue weighted by Gasteiger charge is -2.13. The number of hydrogen-bond donors (Lipinski definition) is 2. The standard InChI is InChI=1S/C23H26N4O2/c1-15-3-6-21(24-12-15)18-9-19(11-20(10-18)23(29)25-13-16(2)28)22-7-8-26-27(22)14-17-4-5-17/h3,6-12,16-17,28H,4-5,13-14H2,1-2H3,(H,25,29). The van der Waals surface area contributed by atoms with E-state index in [-0.39, 0.29) is 12.5 Å². The molecule has 0 aliphatic heterocycles. The SMILES string of the molecule is Cc1ccc(-c2cc(C(=O)NCC(C)O)cc(-c3ccnn3CC3CC3)c2)nc1. The fourth-order valence-corrected chi connectivity index (χ4v) is 3.30. The summed E-state index contributed by atoms with van der Waals surface area (Å²) in [7, 11) is 0. The predicted molar refractivity (Wildman–Crippen MR) is 112 cm³/mol. The summed E-state index contributed by atoms with van der Waals surface area (Å²) in [5.74, 6) is 0.485. The Labute approximate surface area is 170 Å². The smallest absolute Gasteiger partial charge is 0.251 e. The van der Waals surface area contributed by atoms with Crippen LogP contribution < -0.4 is 5.32 Å². The van der Waals surface area contributed by atoms with E-state index in [2.05, 4.69) is 21.5 Å². The first kappa shape index (κ1) is 19.3. The summed E-state index contributed by atoms with van der Waals surface area (Å²) in [4.78, 5) is 17.2. The molecule has 1 aliphatic rings. The molecule has 1 unspecified atom stereocenters. The molecule has 1 aliphatic carbocycles. The Bertz CT molecular complexity index is 1000. The van der Waals surface area contributed by atoms with Gasteiger partial charge in [0, 0.05) is 42.2 Å². The Kier molecular flexibility index (Phi) is 5.45. The number of hydrogen-bond acceptors (Lipinski definition) is 4. The highest BCUT2D eigenvalue weighted by Gasteiger charge is 2.23. The number of carbonyl (C=O) groups excluding carboxylic acids is 1. The van der Waals surface area contributed by atoms with Crippen molar-refractivity contribution in [2.24, 2.45) is 5.92 Å². The van der Waals surface area contributed by atoms with Gasteiger partial charge in [-0.3, -0.25) is 14.5 Å². The molecule has 0 radical (unpaired) electrons. The number of nitrogens with one attached hydrogen (secondary N) is 1. The van der Waals surface area contributed by atoms with Crippen LogP contribution in [0.1, 0.15) is 35.7 Å². The zero-order valence-corrected chi connectivity index (χ0v) is 16.8. The second-order valence-electron chi connectivity index (χ2n) is 7.92. The van der Waals surface area contributed by atoms with Crippen LogP contribution in [0, 0.1) is 12.8 Å². The summed E-state index contributed by atoms with van der Waals surface area (Å²) in [5, 5.41) is 16.8. The molecule has 1 fully saturated rings. The molecule has 0 spiro atoms. The second-order valence-corrected chi connectivity index (χ2v) is 7.92. The van der Waals surface area contributed by atoms with Gasteiger partial charge in [-0.05, 0) is 68.5 Å². The highest BCUT2D eigenvalue weighted by molar-refractivity contribution is 5.97. The van der Waals surface area contributed by atoms with Crippen LogP contribution in [-0.4, -0.2) is 38.4 Å². The summed E-state index contributed by atoms with van der Waals surface area (Å²) in [6, 6.07) is 11.8. The Morgan fingerprint density at radius 2 is 2.03 bits per heavy atom. The number of aliphatic hydroxyl groups is 1. The molecule has 1 amide bonds. The van der Waals surface area contributed by atoms with Gasteiger partial charge in [0.05, 0.1) is 17.5 Å². The van der Waals surface area contributed by atoms with Crippen molar-refractivity contribution in [3.05, 3.63) is 59.9 Å². The molecule has 150 valence electrons. The summed E-state index contributed by atoms with van der Waals surface area (Å²) < 4.78 is 2.02. The fraction of sp³-hybridized carbons (Fsp3) is 0.348. The first-order valence-corrected chi connectivity index (χ1v) is 10.1. The minimum absolute atomic E-state index is 0.209. The third-order valence-electron chi connectivity index (χ3n) is 5.10. The van der Waals surface area contributed by atoms with Crippen LogP contribution in [-0.2, 0) is 6.54 Å². The van der Waals surface area contributed by atoms with Gasteiger partial charge in [0.15, 0.2) is 0 Å². The highest BCUT2D eigenvalue weighted by Crippen LogP contribution is 2.33.